The highest BCUT2D eigenvalue weighted by Gasteiger charge is 1.95. The maximum atomic E-state index is 5.60. The Kier molecular flexibility index (Phi) is 2.48. The lowest BCUT2D eigenvalue weighted by molar-refractivity contribution is 1.08. The quantitative estimate of drug-likeness (QED) is 0.448. The summed E-state index contributed by atoms with van der Waals surface area (Å²) in [5.74, 6) is 0. The smallest absolute Gasteiger partial charge is 0.0824 e. The maximum absolute atomic E-state index is 5.60. The summed E-state index contributed by atoms with van der Waals surface area (Å²) in [6.45, 7) is 0. The van der Waals surface area contributed by atoms with E-state index in [0.29, 0.717) is 0 Å². The molecule has 0 spiro atoms. The fourth-order valence-corrected chi connectivity index (χ4v) is 1.05. The molecule has 48 valence electrons. The first kappa shape index (κ1) is 7.02. The molecule has 0 bridgehead atoms. The first-order chi connectivity index (χ1) is 4.30. The second-order valence-electron chi connectivity index (χ2n) is 1.81. The van der Waals surface area contributed by atoms with E-state index in [9.17, 15) is 0 Å². The number of hydrogen-bond acceptors (Lipinski definition) is 1. The molecule has 0 aliphatic carbocycles. The third-order valence-electron chi connectivity index (χ3n) is 1.12. The Bertz CT molecular complexity index is 172. The van der Waals surface area contributed by atoms with Crippen LogP contribution in [0.4, 0.5) is 0 Å². The van der Waals surface area contributed by atoms with Gasteiger partial charge in [0.25, 0.3) is 0 Å². The summed E-state index contributed by atoms with van der Waals surface area (Å²) >= 11 is 2.19. The summed E-state index contributed by atoms with van der Waals surface area (Å²) in [4.78, 5) is 0. The van der Waals surface area contributed by atoms with E-state index < -0.39 is 0 Å². The normalized spacial score (nSPS) is 13.1. The summed E-state index contributed by atoms with van der Waals surface area (Å²) in [5, 5.41) is 0. The van der Waals surface area contributed by atoms with Gasteiger partial charge in [0.15, 0.2) is 0 Å². The Balaban J connectivity index is 2.85. The van der Waals surface area contributed by atoms with Gasteiger partial charge in [0.05, 0.1) is 4.05 Å². The lowest BCUT2D eigenvalue weighted by atomic mass is 10.2. The molecule has 1 rings (SSSR count). The largest absolute Gasteiger partial charge is 0.316 e. The molecule has 0 aromatic heterocycles. The third-order valence-corrected chi connectivity index (χ3v) is 1.84. The summed E-state index contributed by atoms with van der Waals surface area (Å²) in [6.07, 6.45) is 0. The predicted octanol–water partition coefficient (Wildman–Crippen LogP) is 2.08. The SMILES string of the molecule is N[C@@H](I)c1ccccc1. The molecule has 1 atom stereocenters. The van der Waals surface area contributed by atoms with Gasteiger partial charge < -0.3 is 5.73 Å². The molecule has 0 saturated heterocycles. The minimum absolute atomic E-state index is 0.129. The van der Waals surface area contributed by atoms with Gasteiger partial charge >= 0.3 is 0 Å². The summed E-state index contributed by atoms with van der Waals surface area (Å²) in [7, 11) is 0. The van der Waals surface area contributed by atoms with E-state index in [1.165, 1.54) is 5.56 Å². The highest BCUT2D eigenvalue weighted by molar-refractivity contribution is 14.1. The lowest BCUT2D eigenvalue weighted by Crippen LogP contribution is -1.99. The lowest BCUT2D eigenvalue weighted by Gasteiger charge is -2.00. The Morgan fingerprint density at radius 3 is 2.11 bits per heavy atom. The third kappa shape index (κ3) is 1.95. The van der Waals surface area contributed by atoms with Crippen LogP contribution < -0.4 is 5.73 Å². The van der Waals surface area contributed by atoms with Crippen LogP contribution in [0, 0.1) is 0 Å². The highest BCUT2D eigenvalue weighted by Crippen LogP contribution is 2.15. The summed E-state index contributed by atoms with van der Waals surface area (Å²) < 4.78 is 0.129. The maximum Gasteiger partial charge on any atom is 0.0824 e. The van der Waals surface area contributed by atoms with Crippen LogP contribution in [0.1, 0.15) is 9.61 Å². The van der Waals surface area contributed by atoms with Crippen molar-refractivity contribution in [3.63, 3.8) is 0 Å². The van der Waals surface area contributed by atoms with Crippen molar-refractivity contribution in [2.45, 2.75) is 4.05 Å². The molecule has 2 N–H and O–H groups in total. The first-order valence-electron chi connectivity index (χ1n) is 2.75. The minimum atomic E-state index is 0.129. The Labute approximate surface area is 68.4 Å². The molecule has 0 amide bonds. The molecular weight excluding hydrogens is 225 g/mol. The van der Waals surface area contributed by atoms with Crippen molar-refractivity contribution in [1.29, 1.82) is 0 Å². The molecule has 0 unspecified atom stereocenters. The molecule has 0 fully saturated rings. The molecule has 9 heavy (non-hydrogen) atoms. The van der Waals surface area contributed by atoms with Gasteiger partial charge in [-0.3, -0.25) is 0 Å². The van der Waals surface area contributed by atoms with Crippen LogP contribution in [0.25, 0.3) is 0 Å². The van der Waals surface area contributed by atoms with Crippen LogP contribution in [0.2, 0.25) is 0 Å². The molecule has 0 aliphatic heterocycles. The van der Waals surface area contributed by atoms with Crippen molar-refractivity contribution >= 4 is 22.6 Å². The monoisotopic (exact) mass is 233 g/mol. The van der Waals surface area contributed by atoms with E-state index in [4.69, 9.17) is 5.73 Å². The number of hydrogen-bond donors (Lipinski definition) is 1. The van der Waals surface area contributed by atoms with Crippen molar-refractivity contribution in [2.75, 3.05) is 0 Å². The van der Waals surface area contributed by atoms with Crippen LogP contribution in [0.15, 0.2) is 30.3 Å². The zero-order chi connectivity index (χ0) is 6.69. The van der Waals surface area contributed by atoms with Crippen LogP contribution >= 0.6 is 22.6 Å². The van der Waals surface area contributed by atoms with Gasteiger partial charge in [0.2, 0.25) is 0 Å². The highest BCUT2D eigenvalue weighted by atomic mass is 127. The van der Waals surface area contributed by atoms with Crippen LogP contribution in [-0.2, 0) is 0 Å². The van der Waals surface area contributed by atoms with Crippen LogP contribution in [0.3, 0.4) is 0 Å². The van der Waals surface area contributed by atoms with E-state index in [1.807, 2.05) is 30.3 Å². The molecule has 1 nitrogen and oxygen atoms in total. The predicted molar refractivity (Wildman–Crippen MR) is 47.4 cm³/mol. The van der Waals surface area contributed by atoms with Crippen molar-refractivity contribution < 1.29 is 0 Å². The van der Waals surface area contributed by atoms with Crippen molar-refractivity contribution in [3.8, 4) is 0 Å². The number of benzene rings is 1. The van der Waals surface area contributed by atoms with Crippen LogP contribution in [0.5, 0.6) is 0 Å². The topological polar surface area (TPSA) is 26.0 Å². The zero-order valence-electron chi connectivity index (χ0n) is 4.92. The molecular formula is C7H8IN. The molecule has 1 aromatic rings. The number of rotatable bonds is 1. The van der Waals surface area contributed by atoms with Gasteiger partial charge in [-0.15, -0.1) is 0 Å². The van der Waals surface area contributed by atoms with Gasteiger partial charge in [0.1, 0.15) is 0 Å². The van der Waals surface area contributed by atoms with E-state index in [2.05, 4.69) is 22.6 Å². The second kappa shape index (κ2) is 3.17. The van der Waals surface area contributed by atoms with Gasteiger partial charge in [-0.1, -0.05) is 52.9 Å². The van der Waals surface area contributed by atoms with E-state index in [1.54, 1.807) is 0 Å². The number of nitrogens with two attached hydrogens (primary N) is 1. The minimum Gasteiger partial charge on any atom is -0.316 e. The summed E-state index contributed by atoms with van der Waals surface area (Å²) in [5.41, 5.74) is 6.78. The molecule has 0 aliphatic rings. The summed E-state index contributed by atoms with van der Waals surface area (Å²) in [6, 6.07) is 10.0. The van der Waals surface area contributed by atoms with Gasteiger partial charge in [-0.25, -0.2) is 0 Å². The standard InChI is InChI=1S/C7H8IN/c8-7(9)6-4-2-1-3-5-6/h1-5,7H,9H2/t7-/m1/s1. The fraction of sp³-hybridized carbons (Fsp3) is 0.143. The molecule has 0 radical (unpaired) electrons. The van der Waals surface area contributed by atoms with E-state index in [-0.39, 0.29) is 4.05 Å². The van der Waals surface area contributed by atoms with Crippen molar-refractivity contribution in [2.24, 2.45) is 5.73 Å². The Morgan fingerprint density at radius 1 is 1.22 bits per heavy atom. The van der Waals surface area contributed by atoms with Gasteiger partial charge in [-0.05, 0) is 5.56 Å². The van der Waals surface area contributed by atoms with E-state index in [0.717, 1.165) is 0 Å². The van der Waals surface area contributed by atoms with Crippen molar-refractivity contribution in [1.82, 2.24) is 0 Å². The molecule has 0 saturated carbocycles. The molecule has 0 heterocycles. The zero-order valence-corrected chi connectivity index (χ0v) is 7.08. The first-order valence-corrected chi connectivity index (χ1v) is 4.00. The fourth-order valence-electron chi connectivity index (χ4n) is 0.637. The number of alkyl halides is 1. The molecule has 2 heteroatoms. The van der Waals surface area contributed by atoms with Gasteiger partial charge in [-0.2, -0.15) is 0 Å². The van der Waals surface area contributed by atoms with Gasteiger partial charge in [0, 0.05) is 0 Å². The van der Waals surface area contributed by atoms with E-state index >= 15 is 0 Å². The van der Waals surface area contributed by atoms with Crippen LogP contribution in [-0.4, -0.2) is 0 Å². The Hall–Kier alpha value is -0.0900. The molecule has 1 aromatic carbocycles. The van der Waals surface area contributed by atoms with Crippen molar-refractivity contribution in [3.05, 3.63) is 35.9 Å². The second-order valence-corrected chi connectivity index (χ2v) is 3.15. The number of halogens is 1. The Morgan fingerprint density at radius 2 is 1.78 bits per heavy atom. The average molecular weight is 233 g/mol. The average Bonchev–Trinajstić information content (AvgIpc) is 1.90.